The second-order valence-corrected chi connectivity index (χ2v) is 1.71. The van der Waals surface area contributed by atoms with Gasteiger partial charge in [0.2, 0.25) is 5.95 Å². The van der Waals surface area contributed by atoms with Gasteiger partial charge in [-0.15, -0.1) is 0 Å². The number of rotatable bonds is 0. The topological polar surface area (TPSA) is 50.2 Å². The fourth-order valence-electron chi connectivity index (χ4n) is 0.510. The number of pyridine rings is 1. The predicted molar refractivity (Wildman–Crippen MR) is 37.6 cm³/mol. The lowest BCUT2D eigenvalue weighted by atomic mass is 10.4. The van der Waals surface area contributed by atoms with Crippen LogP contribution in [0.25, 0.3) is 0 Å². The summed E-state index contributed by atoms with van der Waals surface area (Å²) in [6, 6.07) is 4.72. The van der Waals surface area contributed by atoms with E-state index in [4.69, 9.17) is 9.90 Å². The molecule has 11 heavy (non-hydrogen) atoms. The average molecular weight is 157 g/mol. The van der Waals surface area contributed by atoms with Crippen LogP contribution in [0.5, 0.6) is 0 Å². The first-order valence-corrected chi connectivity index (χ1v) is 2.87. The zero-order valence-electron chi connectivity index (χ0n) is 5.99. The fourth-order valence-corrected chi connectivity index (χ4v) is 0.510. The molecule has 0 aliphatic heterocycles. The van der Waals surface area contributed by atoms with Crippen molar-refractivity contribution in [1.82, 2.24) is 4.98 Å². The first kappa shape index (κ1) is 9.55. The predicted octanol–water partition coefficient (Wildman–Crippen LogP) is 1.23. The van der Waals surface area contributed by atoms with Gasteiger partial charge >= 0.3 is 0 Å². The Hall–Kier alpha value is -1.45. The van der Waals surface area contributed by atoms with Gasteiger partial charge in [-0.2, -0.15) is 4.39 Å². The summed E-state index contributed by atoms with van der Waals surface area (Å²) in [4.78, 5) is 11.9. The highest BCUT2D eigenvalue weighted by Crippen LogP contribution is 1.93. The standard InChI is InChI=1S/C6H6FN.CH2O2/c1-5-3-2-4-6(7)8-5;2-1-3/h2-4H,1H3;1H,(H,2,3). The van der Waals surface area contributed by atoms with Crippen LogP contribution in [0.4, 0.5) is 4.39 Å². The van der Waals surface area contributed by atoms with E-state index in [2.05, 4.69) is 4.98 Å². The number of nitrogens with zero attached hydrogens (tertiary/aromatic N) is 1. The molecule has 0 bridgehead atoms. The highest BCUT2D eigenvalue weighted by molar-refractivity contribution is 5.32. The number of carbonyl (C=O) groups is 1. The first-order valence-electron chi connectivity index (χ1n) is 2.87. The van der Waals surface area contributed by atoms with Gasteiger partial charge in [0, 0.05) is 5.69 Å². The molecule has 3 nitrogen and oxygen atoms in total. The molecule has 1 aromatic rings. The monoisotopic (exact) mass is 157 g/mol. The number of hydrogen-bond donors (Lipinski definition) is 1. The summed E-state index contributed by atoms with van der Waals surface area (Å²) < 4.78 is 12.1. The first-order chi connectivity index (χ1) is 5.20. The van der Waals surface area contributed by atoms with Gasteiger partial charge in [-0.05, 0) is 19.1 Å². The maximum absolute atomic E-state index is 12.1. The van der Waals surface area contributed by atoms with Crippen molar-refractivity contribution in [1.29, 1.82) is 0 Å². The summed E-state index contributed by atoms with van der Waals surface area (Å²) in [6.45, 7) is 1.50. The van der Waals surface area contributed by atoms with E-state index in [0.717, 1.165) is 0 Å². The molecule has 0 aliphatic carbocycles. The van der Waals surface area contributed by atoms with Gasteiger partial charge in [0.05, 0.1) is 0 Å². The van der Waals surface area contributed by atoms with E-state index in [9.17, 15) is 4.39 Å². The molecule has 0 unspecified atom stereocenters. The molecular weight excluding hydrogens is 149 g/mol. The molecule has 0 saturated heterocycles. The van der Waals surface area contributed by atoms with Crippen molar-refractivity contribution in [2.45, 2.75) is 6.92 Å². The molecule has 1 aromatic heterocycles. The van der Waals surface area contributed by atoms with Crippen molar-refractivity contribution in [2.24, 2.45) is 0 Å². The molecule has 0 fully saturated rings. The Kier molecular flexibility index (Phi) is 4.64. The summed E-state index contributed by atoms with van der Waals surface area (Å²) in [5, 5.41) is 6.89. The number of aromatic nitrogens is 1. The van der Waals surface area contributed by atoms with E-state index in [0.29, 0.717) is 5.69 Å². The Morgan fingerprint density at radius 2 is 2.18 bits per heavy atom. The van der Waals surface area contributed by atoms with Crippen molar-refractivity contribution >= 4 is 6.47 Å². The summed E-state index contributed by atoms with van der Waals surface area (Å²) in [7, 11) is 0. The van der Waals surface area contributed by atoms with Gasteiger partial charge in [-0.1, -0.05) is 6.07 Å². The van der Waals surface area contributed by atoms with Crippen LogP contribution in [-0.4, -0.2) is 16.6 Å². The summed E-state index contributed by atoms with van der Waals surface area (Å²) in [5.41, 5.74) is 0.713. The molecule has 0 radical (unpaired) electrons. The van der Waals surface area contributed by atoms with Crippen molar-refractivity contribution in [3.05, 3.63) is 29.8 Å². The lowest BCUT2D eigenvalue weighted by Gasteiger charge is -1.86. The van der Waals surface area contributed by atoms with Crippen molar-refractivity contribution < 1.29 is 14.3 Å². The molecule has 0 spiro atoms. The normalized spacial score (nSPS) is 7.82. The largest absolute Gasteiger partial charge is 0.483 e. The van der Waals surface area contributed by atoms with Crippen LogP contribution in [0.15, 0.2) is 18.2 Å². The third kappa shape index (κ3) is 5.02. The maximum atomic E-state index is 12.1. The third-order valence-electron chi connectivity index (χ3n) is 0.854. The van der Waals surface area contributed by atoms with Crippen molar-refractivity contribution in [3.8, 4) is 0 Å². The lowest BCUT2D eigenvalue weighted by Crippen LogP contribution is -1.82. The number of halogens is 1. The zero-order valence-corrected chi connectivity index (χ0v) is 5.99. The van der Waals surface area contributed by atoms with E-state index in [1.807, 2.05) is 0 Å². The molecule has 1 rings (SSSR count). The van der Waals surface area contributed by atoms with Gasteiger partial charge in [0.15, 0.2) is 0 Å². The highest BCUT2D eigenvalue weighted by atomic mass is 19.1. The molecule has 60 valence electrons. The summed E-state index contributed by atoms with van der Waals surface area (Å²) >= 11 is 0. The minimum Gasteiger partial charge on any atom is -0.483 e. The summed E-state index contributed by atoms with van der Waals surface area (Å²) in [5.74, 6) is -0.412. The van der Waals surface area contributed by atoms with E-state index < -0.39 is 5.95 Å². The fraction of sp³-hybridized carbons (Fsp3) is 0.143. The third-order valence-corrected chi connectivity index (χ3v) is 0.854. The second kappa shape index (κ2) is 5.34. The van der Waals surface area contributed by atoms with Crippen LogP contribution >= 0.6 is 0 Å². The van der Waals surface area contributed by atoms with Gasteiger partial charge in [-0.3, -0.25) is 4.79 Å². The quantitative estimate of drug-likeness (QED) is 0.455. The smallest absolute Gasteiger partial charge is 0.290 e. The second-order valence-electron chi connectivity index (χ2n) is 1.71. The average Bonchev–Trinajstić information content (AvgIpc) is 1.88. The molecule has 0 atom stereocenters. The Labute approximate surface area is 63.5 Å². The van der Waals surface area contributed by atoms with Crippen molar-refractivity contribution in [2.75, 3.05) is 0 Å². The zero-order chi connectivity index (χ0) is 8.69. The Morgan fingerprint density at radius 1 is 1.64 bits per heavy atom. The molecule has 0 aliphatic rings. The van der Waals surface area contributed by atoms with Crippen LogP contribution in [0.2, 0.25) is 0 Å². The van der Waals surface area contributed by atoms with E-state index in [-0.39, 0.29) is 6.47 Å². The van der Waals surface area contributed by atoms with Crippen molar-refractivity contribution in [3.63, 3.8) is 0 Å². The number of hydrogen-bond acceptors (Lipinski definition) is 2. The van der Waals surface area contributed by atoms with Gasteiger partial charge in [0.1, 0.15) is 0 Å². The lowest BCUT2D eigenvalue weighted by molar-refractivity contribution is -0.122. The van der Waals surface area contributed by atoms with E-state index >= 15 is 0 Å². The van der Waals surface area contributed by atoms with Crippen LogP contribution in [0.3, 0.4) is 0 Å². The molecular formula is C7H8FNO2. The molecule has 0 aromatic carbocycles. The molecule has 1 N–H and O–H groups in total. The van der Waals surface area contributed by atoms with Gasteiger partial charge < -0.3 is 5.11 Å². The molecule has 4 heteroatoms. The number of aryl methyl sites for hydroxylation is 1. The van der Waals surface area contributed by atoms with E-state index in [1.54, 1.807) is 19.1 Å². The van der Waals surface area contributed by atoms with Crippen LogP contribution < -0.4 is 0 Å². The minimum absolute atomic E-state index is 0.250. The molecule has 1 heterocycles. The minimum atomic E-state index is -0.412. The van der Waals surface area contributed by atoms with Crippen LogP contribution in [0, 0.1) is 12.9 Å². The highest BCUT2D eigenvalue weighted by Gasteiger charge is 1.86. The molecule has 0 saturated carbocycles. The SMILES string of the molecule is Cc1cccc(F)n1.O=CO. The molecule has 0 amide bonds. The van der Waals surface area contributed by atoms with Gasteiger partial charge in [-0.25, -0.2) is 4.98 Å². The summed E-state index contributed by atoms with van der Waals surface area (Å²) in [6.07, 6.45) is 0. The number of carboxylic acid groups (broad SMARTS) is 1. The Balaban J connectivity index is 0.000000292. The van der Waals surface area contributed by atoms with Crippen LogP contribution in [0.1, 0.15) is 5.69 Å². The van der Waals surface area contributed by atoms with E-state index in [1.165, 1.54) is 6.07 Å². The Morgan fingerprint density at radius 3 is 2.45 bits per heavy atom. The maximum Gasteiger partial charge on any atom is 0.290 e. The van der Waals surface area contributed by atoms with Gasteiger partial charge in [0.25, 0.3) is 6.47 Å². The van der Waals surface area contributed by atoms with Crippen LogP contribution in [-0.2, 0) is 4.79 Å². The Bertz CT molecular complexity index is 210.